The van der Waals surface area contributed by atoms with Crippen LogP contribution in [-0.4, -0.2) is 25.9 Å². The molecule has 18 heavy (non-hydrogen) atoms. The molecular formula is C10H12O6S2. The van der Waals surface area contributed by atoms with Crippen LogP contribution in [0.5, 0.6) is 0 Å². The van der Waals surface area contributed by atoms with E-state index in [1.165, 1.54) is 12.1 Å². The van der Waals surface area contributed by atoms with Gasteiger partial charge in [-0.2, -0.15) is 16.8 Å². The van der Waals surface area contributed by atoms with Gasteiger partial charge < -0.3 is 0 Å². The zero-order chi connectivity index (χ0) is 14.4. The summed E-state index contributed by atoms with van der Waals surface area (Å²) in [6, 6.07) is 5.78. The molecule has 0 aliphatic rings. The fourth-order valence-corrected chi connectivity index (χ4v) is 1.26. The van der Waals surface area contributed by atoms with Crippen molar-refractivity contribution in [1.82, 2.24) is 0 Å². The Balaban J connectivity index is 0.000000411. The number of hydrogen-bond acceptors (Lipinski definition) is 4. The summed E-state index contributed by atoms with van der Waals surface area (Å²) in [5.74, 6) is 0. The molecule has 8 heteroatoms. The van der Waals surface area contributed by atoms with Gasteiger partial charge in [0.05, 0.1) is 10.3 Å². The highest BCUT2D eigenvalue weighted by atomic mass is 32.2. The molecule has 0 amide bonds. The molecule has 0 heterocycles. The van der Waals surface area contributed by atoms with Crippen molar-refractivity contribution in [1.29, 1.82) is 0 Å². The van der Waals surface area contributed by atoms with Gasteiger partial charge in [-0.05, 0) is 17.7 Å². The van der Waals surface area contributed by atoms with Gasteiger partial charge in [-0.25, -0.2) is 0 Å². The Morgan fingerprint density at radius 3 is 1.56 bits per heavy atom. The molecule has 0 unspecified atom stereocenters. The van der Waals surface area contributed by atoms with Crippen LogP contribution in [0.25, 0.3) is 6.08 Å². The van der Waals surface area contributed by atoms with Crippen molar-refractivity contribution in [3.8, 4) is 0 Å². The van der Waals surface area contributed by atoms with E-state index in [0.29, 0.717) is 5.41 Å². The van der Waals surface area contributed by atoms with E-state index in [0.717, 1.165) is 5.56 Å². The minimum atomic E-state index is -4.06. The van der Waals surface area contributed by atoms with Gasteiger partial charge in [-0.15, -0.1) is 0 Å². The summed E-state index contributed by atoms with van der Waals surface area (Å²) in [7, 11) is -7.96. The first-order valence-corrected chi connectivity index (χ1v) is 7.34. The molecule has 1 rings (SSSR count). The van der Waals surface area contributed by atoms with Crippen molar-refractivity contribution in [2.45, 2.75) is 4.90 Å². The van der Waals surface area contributed by atoms with Crippen LogP contribution in [0.1, 0.15) is 5.56 Å². The van der Waals surface area contributed by atoms with Crippen LogP contribution in [0, 0.1) is 0 Å². The first kappa shape index (κ1) is 16.5. The second kappa shape index (κ2) is 6.45. The molecule has 0 aliphatic carbocycles. The molecule has 0 atom stereocenters. The number of benzene rings is 1. The van der Waals surface area contributed by atoms with E-state index in [1.54, 1.807) is 18.2 Å². The molecule has 1 aromatic carbocycles. The van der Waals surface area contributed by atoms with Gasteiger partial charge in [-0.1, -0.05) is 31.4 Å². The highest BCUT2D eigenvalue weighted by molar-refractivity contribution is 7.88. The van der Waals surface area contributed by atoms with Gasteiger partial charge >= 0.3 is 0 Å². The minimum Gasteiger partial charge on any atom is -0.282 e. The van der Waals surface area contributed by atoms with Crippen molar-refractivity contribution in [3.05, 3.63) is 48.4 Å². The van der Waals surface area contributed by atoms with Crippen LogP contribution in [0.2, 0.25) is 0 Å². The molecule has 0 spiro atoms. The highest BCUT2D eigenvalue weighted by Crippen LogP contribution is 2.10. The molecular weight excluding hydrogens is 280 g/mol. The van der Waals surface area contributed by atoms with Crippen molar-refractivity contribution >= 4 is 26.3 Å². The Labute approximate surface area is 106 Å². The largest absolute Gasteiger partial charge is 0.294 e. The van der Waals surface area contributed by atoms with Crippen LogP contribution in [0.3, 0.4) is 0 Å². The van der Waals surface area contributed by atoms with E-state index >= 15 is 0 Å². The maximum Gasteiger partial charge on any atom is 0.294 e. The maximum absolute atomic E-state index is 10.6. The molecule has 1 aromatic rings. The van der Waals surface area contributed by atoms with Crippen molar-refractivity contribution < 1.29 is 25.9 Å². The zero-order valence-electron chi connectivity index (χ0n) is 9.22. The van der Waals surface area contributed by atoms with Gasteiger partial charge in [0.15, 0.2) is 0 Å². The molecule has 0 saturated heterocycles. The van der Waals surface area contributed by atoms with Crippen LogP contribution < -0.4 is 0 Å². The van der Waals surface area contributed by atoms with E-state index in [9.17, 15) is 16.8 Å². The molecule has 100 valence electrons. The average molecular weight is 292 g/mol. The zero-order valence-corrected chi connectivity index (χ0v) is 10.9. The Morgan fingerprint density at radius 1 is 0.944 bits per heavy atom. The van der Waals surface area contributed by atoms with Crippen LogP contribution in [0.4, 0.5) is 0 Å². The quantitative estimate of drug-likeness (QED) is 0.819. The summed E-state index contributed by atoms with van der Waals surface area (Å²) in [6.07, 6.45) is 1.59. The van der Waals surface area contributed by atoms with E-state index in [2.05, 4.69) is 13.2 Å². The molecule has 0 aromatic heterocycles. The summed E-state index contributed by atoms with van der Waals surface area (Å²) in [5.41, 5.74) is 0.808. The lowest BCUT2D eigenvalue weighted by atomic mass is 10.2. The number of hydrogen-bond donors (Lipinski definition) is 2. The Bertz CT molecular complexity index is 599. The van der Waals surface area contributed by atoms with Gasteiger partial charge in [0, 0.05) is 0 Å². The first-order chi connectivity index (χ1) is 8.10. The summed E-state index contributed by atoms with van der Waals surface area (Å²) in [6.45, 7) is 6.30. The fourth-order valence-electron chi connectivity index (χ4n) is 0.776. The van der Waals surface area contributed by atoms with Gasteiger partial charge in [0.25, 0.3) is 20.2 Å². The Hall–Kier alpha value is -1.48. The molecule has 0 radical (unpaired) electrons. The smallest absolute Gasteiger partial charge is 0.282 e. The first-order valence-electron chi connectivity index (χ1n) is 4.40. The lowest BCUT2D eigenvalue weighted by Gasteiger charge is -1.96. The van der Waals surface area contributed by atoms with Crippen molar-refractivity contribution in [2.75, 3.05) is 0 Å². The molecule has 0 bridgehead atoms. The highest BCUT2D eigenvalue weighted by Gasteiger charge is 2.07. The lowest BCUT2D eigenvalue weighted by molar-refractivity contribution is 0.482. The van der Waals surface area contributed by atoms with Gasteiger partial charge in [-0.3, -0.25) is 9.11 Å². The SMILES string of the molecule is C=CS(=O)(=O)O.C=Cc1ccc(S(=O)(=O)O)cc1. The van der Waals surface area contributed by atoms with E-state index in [1.807, 2.05) is 0 Å². The molecule has 0 fully saturated rings. The van der Waals surface area contributed by atoms with Crippen LogP contribution in [-0.2, 0) is 20.2 Å². The number of rotatable bonds is 3. The second-order valence-corrected chi connectivity index (χ2v) is 5.71. The summed E-state index contributed by atoms with van der Waals surface area (Å²) in [4.78, 5) is -0.104. The van der Waals surface area contributed by atoms with E-state index < -0.39 is 20.2 Å². The molecule has 0 saturated carbocycles. The standard InChI is InChI=1S/C8H8O3S.C2H4O3S/c1-2-7-3-5-8(6-4-7)12(9,10)11;1-2-6(3,4)5/h2-6H,1H2,(H,9,10,11);2H,1H2,(H,3,4,5). The normalized spacial score (nSPS) is 11.0. The predicted molar refractivity (Wildman–Crippen MR) is 68.1 cm³/mol. The van der Waals surface area contributed by atoms with E-state index in [-0.39, 0.29) is 4.90 Å². The third-order valence-corrected chi connectivity index (χ3v) is 2.91. The van der Waals surface area contributed by atoms with Crippen LogP contribution >= 0.6 is 0 Å². The van der Waals surface area contributed by atoms with Gasteiger partial charge in [0.1, 0.15) is 0 Å². The third-order valence-electron chi connectivity index (χ3n) is 1.62. The Morgan fingerprint density at radius 2 is 1.33 bits per heavy atom. The lowest BCUT2D eigenvalue weighted by Crippen LogP contribution is -1.96. The monoisotopic (exact) mass is 292 g/mol. The summed E-state index contributed by atoms with van der Waals surface area (Å²) in [5, 5.41) is 0.465. The fraction of sp³-hybridized carbons (Fsp3) is 0. The summed E-state index contributed by atoms with van der Waals surface area (Å²) < 4.78 is 56.3. The predicted octanol–water partition coefficient (Wildman–Crippen LogP) is 1.59. The minimum absolute atomic E-state index is 0.104. The molecule has 2 N–H and O–H groups in total. The Kier molecular flexibility index (Phi) is 5.92. The van der Waals surface area contributed by atoms with Crippen molar-refractivity contribution in [3.63, 3.8) is 0 Å². The molecule has 0 aliphatic heterocycles. The third kappa shape index (κ3) is 6.97. The summed E-state index contributed by atoms with van der Waals surface area (Å²) >= 11 is 0. The van der Waals surface area contributed by atoms with E-state index in [4.69, 9.17) is 9.11 Å². The maximum atomic E-state index is 10.6. The topological polar surface area (TPSA) is 109 Å². The molecule has 6 nitrogen and oxygen atoms in total. The second-order valence-electron chi connectivity index (χ2n) is 2.93. The van der Waals surface area contributed by atoms with Crippen molar-refractivity contribution in [2.24, 2.45) is 0 Å². The average Bonchev–Trinajstić information content (AvgIpc) is 2.28. The van der Waals surface area contributed by atoms with Crippen LogP contribution in [0.15, 0.2) is 47.7 Å². The van der Waals surface area contributed by atoms with Gasteiger partial charge in [0.2, 0.25) is 0 Å².